The van der Waals surface area contributed by atoms with Crippen molar-refractivity contribution in [3.05, 3.63) is 95.8 Å². The molecule has 0 atom stereocenters. The molecule has 9 nitrogen and oxygen atoms in total. The summed E-state index contributed by atoms with van der Waals surface area (Å²) < 4.78 is 53.7. The van der Waals surface area contributed by atoms with Crippen LogP contribution in [0.2, 0.25) is 0 Å². The van der Waals surface area contributed by atoms with Crippen LogP contribution < -0.4 is 18.9 Å². The number of ether oxygens (including phenoxy) is 5. The van der Waals surface area contributed by atoms with Gasteiger partial charge in [0.25, 0.3) is 0 Å². The topological polar surface area (TPSA) is 93.9 Å². The molecular weight excluding hydrogens is 585 g/mol. The lowest BCUT2D eigenvalue weighted by molar-refractivity contribution is 0.101. The number of hydrogen-bond donors (Lipinski definition) is 0. The first-order chi connectivity index (χ1) is 21.5. The Balaban J connectivity index is 1.58. The van der Waals surface area contributed by atoms with Gasteiger partial charge in [0.05, 0.1) is 50.2 Å². The zero-order chi connectivity index (χ0) is 30.6. The van der Waals surface area contributed by atoms with Crippen LogP contribution in [0.15, 0.2) is 78.9 Å². The van der Waals surface area contributed by atoms with Crippen LogP contribution in [0.5, 0.6) is 23.1 Å². The molecule has 11 heteroatoms. The summed E-state index contributed by atoms with van der Waals surface area (Å²) in [5, 5.41) is 0.647. The molecule has 0 spiro atoms. The van der Waals surface area contributed by atoms with Gasteiger partial charge in [0.1, 0.15) is 17.6 Å². The van der Waals surface area contributed by atoms with E-state index in [2.05, 4.69) is 8.75 Å². The van der Waals surface area contributed by atoms with Crippen LogP contribution in [-0.2, 0) is 17.9 Å². The van der Waals surface area contributed by atoms with Gasteiger partial charge in [-0.05, 0) is 53.9 Å². The van der Waals surface area contributed by atoms with Gasteiger partial charge >= 0.3 is 6.16 Å². The Hall–Kier alpha value is -5.16. The third-order valence-corrected chi connectivity index (χ3v) is 7.64. The molecule has 0 N–H and O–H groups in total. The molecule has 6 aromatic rings. The van der Waals surface area contributed by atoms with Crippen molar-refractivity contribution in [2.75, 3.05) is 20.8 Å². The predicted molar refractivity (Wildman–Crippen MR) is 165 cm³/mol. The van der Waals surface area contributed by atoms with Gasteiger partial charge in [-0.3, -0.25) is 0 Å². The summed E-state index contributed by atoms with van der Waals surface area (Å²) in [7, 11) is 2.95. The SMILES string of the molecule is CCOC(=O)Oc1c(-c2ccc(OC)c(F)c2)c2cc(OC)c(OCc3ccccc3)cc2n1Cc1ccc2nsnc2c1. The van der Waals surface area contributed by atoms with Crippen LogP contribution in [0, 0.1) is 5.82 Å². The van der Waals surface area contributed by atoms with E-state index in [0.29, 0.717) is 40.1 Å². The molecule has 224 valence electrons. The van der Waals surface area contributed by atoms with Crippen LogP contribution >= 0.6 is 11.7 Å². The summed E-state index contributed by atoms with van der Waals surface area (Å²) in [5.41, 5.74) is 5.00. The van der Waals surface area contributed by atoms with E-state index in [9.17, 15) is 4.79 Å². The van der Waals surface area contributed by atoms with Gasteiger partial charge in [0.2, 0.25) is 5.88 Å². The number of benzene rings is 4. The van der Waals surface area contributed by atoms with Crippen molar-refractivity contribution >= 4 is 39.8 Å². The number of rotatable bonds is 10. The molecule has 0 aliphatic heterocycles. The first-order valence-electron chi connectivity index (χ1n) is 13.8. The van der Waals surface area contributed by atoms with Gasteiger partial charge in [-0.25, -0.2) is 9.18 Å². The zero-order valence-electron chi connectivity index (χ0n) is 24.2. The fraction of sp³-hybridized carbons (Fsp3) is 0.182. The number of hydrogen-bond acceptors (Lipinski definition) is 9. The normalized spacial score (nSPS) is 11.1. The number of aromatic nitrogens is 3. The summed E-state index contributed by atoms with van der Waals surface area (Å²) in [6.45, 7) is 2.39. The number of carbonyl (C=O) groups is 1. The van der Waals surface area contributed by atoms with Crippen molar-refractivity contribution in [2.24, 2.45) is 0 Å². The fourth-order valence-corrected chi connectivity index (χ4v) is 5.56. The summed E-state index contributed by atoms with van der Waals surface area (Å²) in [4.78, 5) is 12.8. The van der Waals surface area contributed by atoms with E-state index in [1.54, 1.807) is 26.2 Å². The molecule has 0 aliphatic rings. The monoisotopic (exact) mass is 613 g/mol. The summed E-state index contributed by atoms with van der Waals surface area (Å²) in [6.07, 6.45) is -0.890. The van der Waals surface area contributed by atoms with E-state index < -0.39 is 12.0 Å². The average molecular weight is 614 g/mol. The highest BCUT2D eigenvalue weighted by Crippen LogP contribution is 2.46. The molecule has 4 aromatic carbocycles. The standard InChI is InChI=1S/C33H28FN3O6S/c1-4-41-33(38)43-32-31(22-11-13-28(39-2)24(34)15-22)23-16-29(40-3)30(42-19-20-8-6-5-7-9-20)17-27(23)37(32)18-21-10-12-25-26(14-21)36-44-35-25/h5-17H,4,18-19H2,1-3H3. The second-order valence-electron chi connectivity index (χ2n) is 9.78. The fourth-order valence-electron chi connectivity index (χ4n) is 5.04. The quantitative estimate of drug-likeness (QED) is 0.146. The second-order valence-corrected chi connectivity index (χ2v) is 10.3. The van der Waals surface area contributed by atoms with E-state index in [0.717, 1.165) is 33.9 Å². The minimum Gasteiger partial charge on any atom is -0.494 e. The highest BCUT2D eigenvalue weighted by Gasteiger charge is 2.26. The molecule has 2 aromatic heterocycles. The maximum atomic E-state index is 15.1. The summed E-state index contributed by atoms with van der Waals surface area (Å²) in [5.74, 6) is 0.631. The van der Waals surface area contributed by atoms with Crippen molar-refractivity contribution < 1.29 is 32.9 Å². The van der Waals surface area contributed by atoms with E-state index >= 15 is 4.39 Å². The molecular formula is C33H28FN3O6S. The van der Waals surface area contributed by atoms with Crippen molar-refractivity contribution in [3.63, 3.8) is 0 Å². The van der Waals surface area contributed by atoms with E-state index in [-0.39, 0.29) is 24.8 Å². The Labute approximate surface area is 256 Å². The molecule has 0 bridgehead atoms. The molecule has 44 heavy (non-hydrogen) atoms. The first-order valence-corrected chi connectivity index (χ1v) is 14.5. The van der Waals surface area contributed by atoms with Gasteiger partial charge in [-0.15, -0.1) is 0 Å². The Morgan fingerprint density at radius 2 is 1.66 bits per heavy atom. The molecule has 6 rings (SSSR count). The van der Waals surface area contributed by atoms with Crippen LogP contribution in [0.3, 0.4) is 0 Å². The van der Waals surface area contributed by atoms with Gasteiger partial charge in [0, 0.05) is 11.5 Å². The second kappa shape index (κ2) is 12.6. The predicted octanol–water partition coefficient (Wildman–Crippen LogP) is 7.63. The van der Waals surface area contributed by atoms with Crippen LogP contribution in [0.1, 0.15) is 18.1 Å². The zero-order valence-corrected chi connectivity index (χ0v) is 25.0. The highest BCUT2D eigenvalue weighted by molar-refractivity contribution is 7.00. The Morgan fingerprint density at radius 3 is 2.41 bits per heavy atom. The molecule has 0 aliphatic carbocycles. The van der Waals surface area contributed by atoms with Gasteiger partial charge < -0.3 is 28.3 Å². The Morgan fingerprint density at radius 1 is 0.864 bits per heavy atom. The number of methoxy groups -OCH3 is 2. The largest absolute Gasteiger partial charge is 0.515 e. The van der Waals surface area contributed by atoms with Gasteiger partial charge in [-0.2, -0.15) is 8.75 Å². The van der Waals surface area contributed by atoms with Crippen molar-refractivity contribution in [3.8, 4) is 34.3 Å². The number of fused-ring (bicyclic) bond motifs is 2. The molecule has 0 radical (unpaired) electrons. The minimum absolute atomic E-state index is 0.0877. The smallest absolute Gasteiger partial charge is 0.494 e. The Kier molecular flexibility index (Phi) is 8.29. The Bertz CT molecular complexity index is 1960. The van der Waals surface area contributed by atoms with Crippen LogP contribution in [0.25, 0.3) is 33.1 Å². The van der Waals surface area contributed by atoms with Crippen molar-refractivity contribution in [1.82, 2.24) is 13.3 Å². The van der Waals surface area contributed by atoms with Gasteiger partial charge in [0.15, 0.2) is 23.1 Å². The van der Waals surface area contributed by atoms with Crippen molar-refractivity contribution in [2.45, 2.75) is 20.1 Å². The van der Waals surface area contributed by atoms with Crippen LogP contribution in [-0.4, -0.2) is 40.3 Å². The average Bonchev–Trinajstić information content (AvgIpc) is 3.62. The first kappa shape index (κ1) is 28.9. The van der Waals surface area contributed by atoms with Gasteiger partial charge in [-0.1, -0.05) is 42.5 Å². The minimum atomic E-state index is -0.890. The molecule has 0 saturated heterocycles. The lowest BCUT2D eigenvalue weighted by Crippen LogP contribution is -2.14. The van der Waals surface area contributed by atoms with E-state index in [1.807, 2.05) is 59.2 Å². The van der Waals surface area contributed by atoms with E-state index in [1.165, 1.54) is 19.2 Å². The number of carbonyl (C=O) groups excluding carboxylic acids is 1. The lowest BCUT2D eigenvalue weighted by atomic mass is 10.0. The molecule has 0 amide bonds. The maximum Gasteiger partial charge on any atom is 0.515 e. The summed E-state index contributed by atoms with van der Waals surface area (Å²) in [6, 6.07) is 23.7. The lowest BCUT2D eigenvalue weighted by Gasteiger charge is -2.14. The highest BCUT2D eigenvalue weighted by atomic mass is 32.1. The number of nitrogens with zero attached hydrogens (tertiary/aromatic N) is 3. The van der Waals surface area contributed by atoms with Crippen molar-refractivity contribution in [1.29, 1.82) is 0 Å². The number of halogens is 1. The van der Waals surface area contributed by atoms with E-state index in [4.69, 9.17) is 23.7 Å². The third kappa shape index (κ3) is 5.73. The summed E-state index contributed by atoms with van der Waals surface area (Å²) >= 11 is 1.13. The maximum absolute atomic E-state index is 15.1. The molecule has 2 heterocycles. The molecule has 0 fully saturated rings. The molecule has 0 unspecified atom stereocenters. The third-order valence-electron chi connectivity index (χ3n) is 7.08. The molecule has 0 saturated carbocycles. The van der Waals surface area contributed by atoms with Crippen LogP contribution in [0.4, 0.5) is 9.18 Å².